The van der Waals surface area contributed by atoms with Crippen molar-refractivity contribution in [3.8, 4) is 0 Å². The first kappa shape index (κ1) is 14.2. The van der Waals surface area contributed by atoms with Gasteiger partial charge >= 0.3 is 6.03 Å². The van der Waals surface area contributed by atoms with Gasteiger partial charge in [-0.2, -0.15) is 0 Å². The molecule has 2 saturated heterocycles. The number of urea groups is 1. The van der Waals surface area contributed by atoms with E-state index in [0.29, 0.717) is 18.1 Å². The third kappa shape index (κ3) is 3.11. The fourth-order valence-corrected chi connectivity index (χ4v) is 4.04. The van der Waals surface area contributed by atoms with Crippen LogP contribution < -0.4 is 5.32 Å². The summed E-state index contributed by atoms with van der Waals surface area (Å²) in [6.45, 7) is 7.29. The third-order valence-electron chi connectivity index (χ3n) is 5.25. The van der Waals surface area contributed by atoms with Crippen molar-refractivity contribution in [2.24, 2.45) is 5.92 Å². The zero-order valence-corrected chi connectivity index (χ0v) is 13.0. The van der Waals surface area contributed by atoms with Crippen molar-refractivity contribution in [3.63, 3.8) is 0 Å². The quantitative estimate of drug-likeness (QED) is 0.858. The molecule has 3 aliphatic rings. The van der Waals surface area contributed by atoms with Crippen LogP contribution in [0, 0.1) is 5.92 Å². The summed E-state index contributed by atoms with van der Waals surface area (Å²) < 4.78 is 0. The Morgan fingerprint density at radius 2 is 1.90 bits per heavy atom. The zero-order chi connectivity index (χ0) is 14.1. The van der Waals surface area contributed by atoms with Gasteiger partial charge in [0, 0.05) is 37.8 Å². The Bertz CT molecular complexity index is 354. The van der Waals surface area contributed by atoms with E-state index in [1.807, 2.05) is 0 Å². The summed E-state index contributed by atoms with van der Waals surface area (Å²) in [6.07, 6.45) is 7.63. The molecule has 4 nitrogen and oxygen atoms in total. The van der Waals surface area contributed by atoms with Crippen LogP contribution in [0.2, 0.25) is 0 Å². The highest BCUT2D eigenvalue weighted by Crippen LogP contribution is 2.32. The number of carbonyl (C=O) groups is 1. The molecule has 2 heterocycles. The van der Waals surface area contributed by atoms with Gasteiger partial charge < -0.3 is 10.2 Å². The second kappa shape index (κ2) is 5.92. The molecule has 1 saturated carbocycles. The molecule has 3 rings (SSSR count). The van der Waals surface area contributed by atoms with Crippen LogP contribution in [0.4, 0.5) is 4.79 Å². The maximum absolute atomic E-state index is 12.3. The van der Waals surface area contributed by atoms with E-state index in [0.717, 1.165) is 32.0 Å². The predicted molar refractivity (Wildman–Crippen MR) is 80.7 cm³/mol. The molecule has 2 aliphatic heterocycles. The molecule has 0 unspecified atom stereocenters. The average Bonchev–Trinajstić information content (AvgIpc) is 3.13. The summed E-state index contributed by atoms with van der Waals surface area (Å²) in [5, 5.41) is 3.12. The number of amides is 2. The Hall–Kier alpha value is -0.770. The second-order valence-electron chi connectivity index (χ2n) is 7.12. The molecule has 0 spiro atoms. The van der Waals surface area contributed by atoms with E-state index in [1.54, 1.807) is 0 Å². The Labute approximate surface area is 122 Å². The topological polar surface area (TPSA) is 35.6 Å². The van der Waals surface area contributed by atoms with Gasteiger partial charge in [0.25, 0.3) is 0 Å². The van der Waals surface area contributed by atoms with Crippen LogP contribution in [0.25, 0.3) is 0 Å². The number of carbonyl (C=O) groups excluding carboxylic acids is 1. The maximum Gasteiger partial charge on any atom is 0.317 e. The Morgan fingerprint density at radius 1 is 1.15 bits per heavy atom. The number of nitrogens with zero attached hydrogens (tertiary/aromatic N) is 2. The predicted octanol–water partition coefficient (Wildman–Crippen LogP) is 2.44. The number of fused-ring (bicyclic) bond motifs is 2. The van der Waals surface area contributed by atoms with Crippen LogP contribution in [-0.4, -0.2) is 53.6 Å². The number of rotatable bonds is 4. The number of likely N-dealkylation sites (tertiary alicyclic amines) is 1. The third-order valence-corrected chi connectivity index (χ3v) is 5.25. The number of hydrogen-bond donors (Lipinski definition) is 1. The van der Waals surface area contributed by atoms with Crippen molar-refractivity contribution >= 4 is 6.03 Å². The highest BCUT2D eigenvalue weighted by atomic mass is 16.2. The van der Waals surface area contributed by atoms with E-state index in [9.17, 15) is 4.79 Å². The van der Waals surface area contributed by atoms with Gasteiger partial charge in [0.15, 0.2) is 0 Å². The van der Waals surface area contributed by atoms with Crippen molar-refractivity contribution in [2.45, 2.75) is 70.5 Å². The molecule has 3 fully saturated rings. The zero-order valence-electron chi connectivity index (χ0n) is 13.0. The molecule has 0 aromatic carbocycles. The fraction of sp³-hybridized carbons (Fsp3) is 0.938. The first-order chi connectivity index (χ1) is 9.65. The SMILES string of the molecule is CC(C)N1[C@H]2CC[C@H]1CN(C(=O)NCCC1CC1)CC2. The van der Waals surface area contributed by atoms with Crippen molar-refractivity contribution in [1.29, 1.82) is 0 Å². The molecule has 0 aromatic rings. The van der Waals surface area contributed by atoms with Crippen LogP contribution in [0.5, 0.6) is 0 Å². The van der Waals surface area contributed by atoms with Gasteiger partial charge in [-0.15, -0.1) is 0 Å². The first-order valence-corrected chi connectivity index (χ1v) is 8.45. The monoisotopic (exact) mass is 279 g/mol. The molecular weight excluding hydrogens is 250 g/mol. The van der Waals surface area contributed by atoms with Gasteiger partial charge in [-0.3, -0.25) is 4.90 Å². The number of hydrogen-bond acceptors (Lipinski definition) is 2. The van der Waals surface area contributed by atoms with Crippen LogP contribution in [0.1, 0.15) is 52.4 Å². The molecular formula is C16H29N3O. The van der Waals surface area contributed by atoms with Gasteiger partial charge in [0.2, 0.25) is 0 Å². The van der Waals surface area contributed by atoms with Gasteiger partial charge in [0.1, 0.15) is 0 Å². The van der Waals surface area contributed by atoms with Gasteiger partial charge in [-0.25, -0.2) is 4.79 Å². The van der Waals surface area contributed by atoms with Crippen molar-refractivity contribution in [1.82, 2.24) is 15.1 Å². The Balaban J connectivity index is 1.51. The summed E-state index contributed by atoms with van der Waals surface area (Å²) in [6, 6.07) is 2.05. The summed E-state index contributed by atoms with van der Waals surface area (Å²) >= 11 is 0. The second-order valence-corrected chi connectivity index (χ2v) is 7.12. The minimum atomic E-state index is 0.168. The smallest absolute Gasteiger partial charge is 0.317 e. The van der Waals surface area contributed by atoms with E-state index in [1.165, 1.54) is 32.1 Å². The van der Waals surface area contributed by atoms with Gasteiger partial charge in [-0.05, 0) is 45.4 Å². The molecule has 1 aliphatic carbocycles. The van der Waals surface area contributed by atoms with E-state index in [2.05, 4.69) is 29.0 Å². The minimum absolute atomic E-state index is 0.168. The lowest BCUT2D eigenvalue weighted by molar-refractivity contribution is 0.147. The van der Waals surface area contributed by atoms with Crippen LogP contribution in [-0.2, 0) is 0 Å². The molecule has 2 bridgehead atoms. The minimum Gasteiger partial charge on any atom is -0.338 e. The summed E-state index contributed by atoms with van der Waals surface area (Å²) in [7, 11) is 0. The molecule has 20 heavy (non-hydrogen) atoms. The lowest BCUT2D eigenvalue weighted by Gasteiger charge is -2.32. The highest BCUT2D eigenvalue weighted by molar-refractivity contribution is 5.74. The standard InChI is InChI=1S/C16H29N3O/c1-12(2)19-14-5-6-15(19)11-18(10-8-14)16(20)17-9-7-13-3-4-13/h12-15H,3-11H2,1-2H3,(H,17,20)/t14-,15-/m0/s1. The lowest BCUT2D eigenvalue weighted by Crippen LogP contribution is -2.46. The number of nitrogens with one attached hydrogen (secondary N) is 1. The molecule has 0 radical (unpaired) electrons. The fourth-order valence-electron chi connectivity index (χ4n) is 4.04. The van der Waals surface area contributed by atoms with Crippen LogP contribution >= 0.6 is 0 Å². The van der Waals surface area contributed by atoms with Crippen molar-refractivity contribution in [3.05, 3.63) is 0 Å². The largest absolute Gasteiger partial charge is 0.338 e. The van der Waals surface area contributed by atoms with Gasteiger partial charge in [0.05, 0.1) is 0 Å². The normalized spacial score (nSPS) is 30.6. The summed E-state index contributed by atoms with van der Waals surface area (Å²) in [4.78, 5) is 17.0. The molecule has 4 heteroatoms. The van der Waals surface area contributed by atoms with Crippen molar-refractivity contribution < 1.29 is 4.79 Å². The molecule has 2 atom stereocenters. The van der Waals surface area contributed by atoms with E-state index in [4.69, 9.17) is 0 Å². The van der Waals surface area contributed by atoms with E-state index in [-0.39, 0.29) is 6.03 Å². The van der Waals surface area contributed by atoms with Crippen LogP contribution in [0.3, 0.4) is 0 Å². The summed E-state index contributed by atoms with van der Waals surface area (Å²) in [5.74, 6) is 0.895. The average molecular weight is 279 g/mol. The molecule has 0 aromatic heterocycles. The van der Waals surface area contributed by atoms with Crippen molar-refractivity contribution in [2.75, 3.05) is 19.6 Å². The molecule has 2 amide bonds. The molecule has 1 N–H and O–H groups in total. The molecule has 114 valence electrons. The van der Waals surface area contributed by atoms with Crippen LogP contribution in [0.15, 0.2) is 0 Å². The Morgan fingerprint density at radius 3 is 2.60 bits per heavy atom. The van der Waals surface area contributed by atoms with Gasteiger partial charge in [-0.1, -0.05) is 12.8 Å². The van der Waals surface area contributed by atoms with E-state index >= 15 is 0 Å². The van der Waals surface area contributed by atoms with E-state index < -0.39 is 0 Å². The lowest BCUT2D eigenvalue weighted by atomic mass is 10.1. The first-order valence-electron chi connectivity index (χ1n) is 8.45. The highest BCUT2D eigenvalue weighted by Gasteiger charge is 2.39. The maximum atomic E-state index is 12.3. The summed E-state index contributed by atoms with van der Waals surface area (Å²) in [5.41, 5.74) is 0. The Kier molecular flexibility index (Phi) is 4.20.